The predicted molar refractivity (Wildman–Crippen MR) is 106 cm³/mol. The van der Waals surface area contributed by atoms with E-state index in [1.165, 1.54) is 12.1 Å². The molecule has 0 aromatic heterocycles. The van der Waals surface area contributed by atoms with Crippen LogP contribution in [0.4, 0.5) is 5.69 Å². The Morgan fingerprint density at radius 1 is 1.19 bits per heavy atom. The number of non-ortho nitro benzene ring substituents is 1. The molecule has 0 aliphatic carbocycles. The van der Waals surface area contributed by atoms with Crippen LogP contribution in [-0.2, 0) is 4.79 Å². The zero-order valence-electron chi connectivity index (χ0n) is 16.3. The average molecular weight is 398 g/mol. The van der Waals surface area contributed by atoms with Gasteiger partial charge in [-0.25, -0.2) is 0 Å². The SMILES string of the molecule is CCCCCC(C)NC(=O)C(NC(=O)c1ccc([N+](=O)[O-])cc1Cl)C(C)C. The molecule has 1 aromatic rings. The summed E-state index contributed by atoms with van der Waals surface area (Å²) in [7, 11) is 0. The molecule has 2 N–H and O–H groups in total. The predicted octanol–water partition coefficient (Wildman–Crippen LogP) is 4.09. The van der Waals surface area contributed by atoms with Crippen LogP contribution in [0.3, 0.4) is 0 Å². The lowest BCUT2D eigenvalue weighted by molar-refractivity contribution is -0.384. The van der Waals surface area contributed by atoms with Crippen LogP contribution in [0.5, 0.6) is 0 Å². The highest BCUT2D eigenvalue weighted by atomic mass is 35.5. The number of halogens is 1. The van der Waals surface area contributed by atoms with Gasteiger partial charge in [-0.3, -0.25) is 19.7 Å². The van der Waals surface area contributed by atoms with E-state index >= 15 is 0 Å². The van der Waals surface area contributed by atoms with Crippen molar-refractivity contribution in [3.63, 3.8) is 0 Å². The highest BCUT2D eigenvalue weighted by molar-refractivity contribution is 6.34. The third-order valence-corrected chi connectivity index (χ3v) is 4.59. The number of carbonyl (C=O) groups is 2. The van der Waals surface area contributed by atoms with Crippen molar-refractivity contribution in [2.45, 2.75) is 65.5 Å². The standard InChI is InChI=1S/C19H28ClN3O4/c1-5-6-7-8-13(4)21-19(25)17(12(2)3)22-18(24)15-10-9-14(23(26)27)11-16(15)20/h9-13,17H,5-8H2,1-4H3,(H,21,25)(H,22,24). The fourth-order valence-electron chi connectivity index (χ4n) is 2.66. The zero-order valence-corrected chi connectivity index (χ0v) is 17.0. The lowest BCUT2D eigenvalue weighted by Gasteiger charge is -2.24. The van der Waals surface area contributed by atoms with Gasteiger partial charge in [-0.15, -0.1) is 0 Å². The second-order valence-electron chi connectivity index (χ2n) is 7.02. The van der Waals surface area contributed by atoms with Crippen molar-refractivity contribution >= 4 is 29.1 Å². The molecule has 1 aromatic carbocycles. The summed E-state index contributed by atoms with van der Waals surface area (Å²) in [6.45, 7) is 7.74. The molecule has 7 nitrogen and oxygen atoms in total. The van der Waals surface area contributed by atoms with Gasteiger partial charge in [-0.2, -0.15) is 0 Å². The molecule has 0 saturated heterocycles. The molecule has 0 saturated carbocycles. The number of unbranched alkanes of at least 4 members (excludes halogenated alkanes) is 2. The normalized spacial score (nSPS) is 13.1. The van der Waals surface area contributed by atoms with Crippen LogP contribution in [0.25, 0.3) is 0 Å². The van der Waals surface area contributed by atoms with Crippen molar-refractivity contribution in [2.24, 2.45) is 5.92 Å². The maximum absolute atomic E-state index is 12.6. The summed E-state index contributed by atoms with van der Waals surface area (Å²) >= 11 is 6.00. The summed E-state index contributed by atoms with van der Waals surface area (Å²) in [4.78, 5) is 35.3. The molecule has 2 unspecified atom stereocenters. The topological polar surface area (TPSA) is 101 Å². The average Bonchev–Trinajstić information content (AvgIpc) is 2.58. The Balaban J connectivity index is 2.80. The van der Waals surface area contributed by atoms with E-state index in [0.717, 1.165) is 31.7 Å². The Bertz CT molecular complexity index is 679. The van der Waals surface area contributed by atoms with Crippen molar-refractivity contribution in [2.75, 3.05) is 0 Å². The van der Waals surface area contributed by atoms with E-state index in [0.29, 0.717) is 0 Å². The van der Waals surface area contributed by atoms with Crippen molar-refractivity contribution < 1.29 is 14.5 Å². The first-order valence-electron chi connectivity index (χ1n) is 9.22. The largest absolute Gasteiger partial charge is 0.352 e. The number of nitrogens with one attached hydrogen (secondary N) is 2. The van der Waals surface area contributed by atoms with Gasteiger partial charge < -0.3 is 10.6 Å². The number of benzene rings is 1. The molecule has 0 radical (unpaired) electrons. The number of nitro groups is 1. The third-order valence-electron chi connectivity index (χ3n) is 4.27. The molecular formula is C19H28ClN3O4. The number of hydrogen-bond donors (Lipinski definition) is 2. The molecule has 0 heterocycles. The van der Waals surface area contributed by atoms with E-state index in [4.69, 9.17) is 11.6 Å². The lowest BCUT2D eigenvalue weighted by atomic mass is 10.0. The molecular weight excluding hydrogens is 370 g/mol. The Morgan fingerprint density at radius 2 is 1.85 bits per heavy atom. The van der Waals surface area contributed by atoms with E-state index in [1.54, 1.807) is 0 Å². The lowest BCUT2D eigenvalue weighted by Crippen LogP contribution is -2.51. The molecule has 150 valence electrons. The Hall–Kier alpha value is -2.15. The van der Waals surface area contributed by atoms with Crippen LogP contribution in [0.1, 0.15) is 63.7 Å². The van der Waals surface area contributed by atoms with Crippen molar-refractivity contribution in [3.8, 4) is 0 Å². The van der Waals surface area contributed by atoms with Gasteiger partial charge in [0.05, 0.1) is 15.5 Å². The van der Waals surface area contributed by atoms with E-state index in [-0.39, 0.29) is 34.1 Å². The summed E-state index contributed by atoms with van der Waals surface area (Å²) in [5.41, 5.74) is -0.104. The van der Waals surface area contributed by atoms with E-state index in [1.807, 2.05) is 20.8 Å². The number of amides is 2. The molecule has 27 heavy (non-hydrogen) atoms. The first-order chi connectivity index (χ1) is 12.7. The Kier molecular flexibility index (Phi) is 9.21. The summed E-state index contributed by atoms with van der Waals surface area (Å²) in [5.74, 6) is -0.920. The molecule has 8 heteroatoms. The van der Waals surface area contributed by atoms with Gasteiger partial charge in [-0.1, -0.05) is 51.6 Å². The maximum Gasteiger partial charge on any atom is 0.270 e. The maximum atomic E-state index is 12.6. The molecule has 2 atom stereocenters. The number of nitrogens with zero attached hydrogens (tertiary/aromatic N) is 1. The van der Waals surface area contributed by atoms with Crippen molar-refractivity contribution in [3.05, 3.63) is 38.9 Å². The summed E-state index contributed by atoms with van der Waals surface area (Å²) in [5, 5.41) is 16.4. The highest BCUT2D eigenvalue weighted by Crippen LogP contribution is 2.22. The minimum Gasteiger partial charge on any atom is -0.352 e. The number of nitro benzene ring substituents is 1. The van der Waals surface area contributed by atoms with Gasteiger partial charge >= 0.3 is 0 Å². The molecule has 0 aliphatic heterocycles. The van der Waals surface area contributed by atoms with Crippen LogP contribution in [0.2, 0.25) is 5.02 Å². The van der Waals surface area contributed by atoms with Gasteiger partial charge in [0.15, 0.2) is 0 Å². The van der Waals surface area contributed by atoms with E-state index in [9.17, 15) is 19.7 Å². The van der Waals surface area contributed by atoms with E-state index in [2.05, 4.69) is 17.6 Å². The van der Waals surface area contributed by atoms with Crippen LogP contribution in [0, 0.1) is 16.0 Å². The smallest absolute Gasteiger partial charge is 0.270 e. The number of hydrogen-bond acceptors (Lipinski definition) is 4. The van der Waals surface area contributed by atoms with Gasteiger partial charge in [0.1, 0.15) is 6.04 Å². The van der Waals surface area contributed by atoms with Crippen LogP contribution in [0.15, 0.2) is 18.2 Å². The zero-order chi connectivity index (χ0) is 20.6. The molecule has 0 fully saturated rings. The molecule has 0 spiro atoms. The van der Waals surface area contributed by atoms with Gasteiger partial charge in [0.25, 0.3) is 11.6 Å². The van der Waals surface area contributed by atoms with Gasteiger partial charge in [-0.05, 0) is 25.3 Å². The van der Waals surface area contributed by atoms with Crippen molar-refractivity contribution in [1.29, 1.82) is 0 Å². The number of carbonyl (C=O) groups excluding carboxylic acids is 2. The summed E-state index contributed by atoms with van der Waals surface area (Å²) in [6, 6.07) is 2.92. The minimum absolute atomic E-state index is 0.0187. The summed E-state index contributed by atoms with van der Waals surface area (Å²) in [6.07, 6.45) is 4.14. The monoisotopic (exact) mass is 397 g/mol. The fourth-order valence-corrected chi connectivity index (χ4v) is 2.92. The van der Waals surface area contributed by atoms with Gasteiger partial charge in [0, 0.05) is 18.2 Å². The Labute approximate surface area is 165 Å². The highest BCUT2D eigenvalue weighted by Gasteiger charge is 2.26. The second kappa shape index (κ2) is 10.9. The molecule has 0 aliphatic rings. The first-order valence-corrected chi connectivity index (χ1v) is 9.60. The number of rotatable bonds is 10. The van der Waals surface area contributed by atoms with Gasteiger partial charge in [0.2, 0.25) is 5.91 Å². The third kappa shape index (κ3) is 7.17. The van der Waals surface area contributed by atoms with Crippen LogP contribution < -0.4 is 10.6 Å². The fraction of sp³-hybridized carbons (Fsp3) is 0.579. The van der Waals surface area contributed by atoms with E-state index < -0.39 is 16.9 Å². The van der Waals surface area contributed by atoms with Crippen molar-refractivity contribution in [1.82, 2.24) is 10.6 Å². The summed E-state index contributed by atoms with van der Waals surface area (Å²) < 4.78 is 0. The minimum atomic E-state index is -0.725. The molecule has 1 rings (SSSR count). The molecule has 2 amide bonds. The molecule has 0 bridgehead atoms. The van der Waals surface area contributed by atoms with Crippen LogP contribution in [-0.4, -0.2) is 28.8 Å². The quantitative estimate of drug-likeness (QED) is 0.352. The first kappa shape index (κ1) is 22.9. The Morgan fingerprint density at radius 3 is 2.37 bits per heavy atom. The van der Waals surface area contributed by atoms with Crippen LogP contribution >= 0.6 is 11.6 Å². The second-order valence-corrected chi connectivity index (χ2v) is 7.43.